The normalized spacial score (nSPS) is 12.9. The molecular formula is C16H12N6O2. The number of hydrogen-bond donors (Lipinski definition) is 1. The topological polar surface area (TPSA) is 90.7 Å². The Morgan fingerprint density at radius 1 is 1.12 bits per heavy atom. The predicted molar refractivity (Wildman–Crippen MR) is 85.4 cm³/mol. The van der Waals surface area contributed by atoms with Gasteiger partial charge in [-0.25, -0.2) is 9.97 Å². The molecule has 1 aliphatic rings. The molecule has 118 valence electrons. The zero-order valence-corrected chi connectivity index (χ0v) is 12.7. The number of H-pyrrole nitrogens is 1. The predicted octanol–water partition coefficient (Wildman–Crippen LogP) is 2.15. The average Bonchev–Trinajstić information content (AvgIpc) is 3.32. The summed E-state index contributed by atoms with van der Waals surface area (Å²) in [5, 5.41) is 11.4. The van der Waals surface area contributed by atoms with E-state index < -0.39 is 0 Å². The van der Waals surface area contributed by atoms with Gasteiger partial charge in [0.15, 0.2) is 17.1 Å². The van der Waals surface area contributed by atoms with Crippen molar-refractivity contribution in [2.45, 2.75) is 0 Å². The lowest BCUT2D eigenvalue weighted by molar-refractivity contribution is 0.174. The van der Waals surface area contributed by atoms with Crippen LogP contribution in [0.5, 0.6) is 11.5 Å². The summed E-state index contributed by atoms with van der Waals surface area (Å²) in [6.07, 6.45) is 5.36. The van der Waals surface area contributed by atoms with E-state index in [0.29, 0.717) is 16.9 Å². The summed E-state index contributed by atoms with van der Waals surface area (Å²) >= 11 is 0. The van der Waals surface area contributed by atoms with Gasteiger partial charge in [-0.3, -0.25) is 9.78 Å². The van der Waals surface area contributed by atoms with Crippen LogP contribution in [0.15, 0.2) is 36.8 Å². The Kier molecular flexibility index (Phi) is 2.60. The zero-order valence-electron chi connectivity index (χ0n) is 12.7. The van der Waals surface area contributed by atoms with Crippen molar-refractivity contribution in [1.82, 2.24) is 29.9 Å². The van der Waals surface area contributed by atoms with Crippen LogP contribution >= 0.6 is 0 Å². The molecule has 0 unspecified atom stereocenters. The van der Waals surface area contributed by atoms with Crippen LogP contribution in [-0.4, -0.2) is 36.7 Å². The average molecular weight is 320 g/mol. The quantitative estimate of drug-likeness (QED) is 0.608. The van der Waals surface area contributed by atoms with E-state index in [1.165, 1.54) is 0 Å². The van der Waals surface area contributed by atoms with Crippen LogP contribution in [0.25, 0.3) is 33.7 Å². The molecule has 0 aliphatic carbocycles. The molecule has 5 rings (SSSR count). The van der Waals surface area contributed by atoms with E-state index in [0.717, 1.165) is 28.3 Å². The van der Waals surface area contributed by atoms with Gasteiger partial charge in [-0.2, -0.15) is 10.2 Å². The zero-order chi connectivity index (χ0) is 16.1. The molecule has 8 nitrogen and oxygen atoms in total. The van der Waals surface area contributed by atoms with E-state index in [1.807, 2.05) is 31.4 Å². The molecule has 1 aromatic carbocycles. The van der Waals surface area contributed by atoms with Gasteiger partial charge >= 0.3 is 0 Å². The number of rotatable bonds is 2. The summed E-state index contributed by atoms with van der Waals surface area (Å²) in [5.74, 6) is 1.45. The lowest BCUT2D eigenvalue weighted by Crippen LogP contribution is -1.92. The number of aromatic amines is 1. The molecule has 0 saturated carbocycles. The minimum Gasteiger partial charge on any atom is -0.454 e. The van der Waals surface area contributed by atoms with Crippen molar-refractivity contribution in [3.05, 3.63) is 36.8 Å². The van der Waals surface area contributed by atoms with E-state index in [2.05, 4.69) is 20.3 Å². The maximum absolute atomic E-state index is 5.44. The van der Waals surface area contributed by atoms with Crippen molar-refractivity contribution in [2.75, 3.05) is 6.79 Å². The summed E-state index contributed by atoms with van der Waals surface area (Å²) in [4.78, 5) is 9.09. The van der Waals surface area contributed by atoms with Crippen LogP contribution in [0.3, 0.4) is 0 Å². The molecule has 4 heterocycles. The molecule has 0 radical (unpaired) electrons. The highest BCUT2D eigenvalue weighted by molar-refractivity contribution is 5.89. The van der Waals surface area contributed by atoms with Gasteiger partial charge in [0.2, 0.25) is 6.79 Å². The summed E-state index contributed by atoms with van der Waals surface area (Å²) in [7, 11) is 1.87. The third-order valence-electron chi connectivity index (χ3n) is 3.93. The molecular weight excluding hydrogens is 308 g/mol. The number of hydrogen-bond acceptors (Lipinski definition) is 6. The van der Waals surface area contributed by atoms with Crippen molar-refractivity contribution in [3.63, 3.8) is 0 Å². The Labute approximate surface area is 136 Å². The first-order chi connectivity index (χ1) is 11.8. The van der Waals surface area contributed by atoms with Gasteiger partial charge in [0.25, 0.3) is 0 Å². The van der Waals surface area contributed by atoms with Gasteiger partial charge in [0.1, 0.15) is 5.52 Å². The van der Waals surface area contributed by atoms with E-state index in [9.17, 15) is 0 Å². The maximum atomic E-state index is 5.44. The van der Waals surface area contributed by atoms with Crippen LogP contribution in [0.4, 0.5) is 0 Å². The van der Waals surface area contributed by atoms with Crippen LogP contribution in [0, 0.1) is 0 Å². The maximum Gasteiger partial charge on any atom is 0.231 e. The monoisotopic (exact) mass is 320 g/mol. The lowest BCUT2D eigenvalue weighted by atomic mass is 10.1. The molecule has 1 aliphatic heterocycles. The third-order valence-corrected chi connectivity index (χ3v) is 3.93. The van der Waals surface area contributed by atoms with Crippen LogP contribution in [-0.2, 0) is 7.05 Å². The van der Waals surface area contributed by atoms with E-state index in [-0.39, 0.29) is 6.79 Å². The second kappa shape index (κ2) is 4.79. The molecule has 3 aromatic heterocycles. The van der Waals surface area contributed by atoms with Crippen LogP contribution in [0.1, 0.15) is 0 Å². The summed E-state index contributed by atoms with van der Waals surface area (Å²) < 4.78 is 12.5. The van der Waals surface area contributed by atoms with Crippen molar-refractivity contribution in [1.29, 1.82) is 0 Å². The SMILES string of the molecule is Cn1cc(-c2cnc3n[nH]c(-c4ccc5c(c4)OCO5)c3n2)cn1. The Balaban J connectivity index is 1.66. The number of aromatic nitrogens is 6. The third kappa shape index (κ3) is 1.93. The minimum atomic E-state index is 0.244. The number of aryl methyl sites for hydroxylation is 1. The standard InChI is InChI=1S/C16H12N6O2/c1-22-7-10(5-18-22)11-6-17-16-15(19-11)14(20-21-16)9-2-3-12-13(4-9)24-8-23-12/h2-7H,8H2,1H3,(H,17,20,21). The van der Waals surface area contributed by atoms with Gasteiger partial charge in [0, 0.05) is 24.4 Å². The molecule has 8 heteroatoms. The molecule has 1 N–H and O–H groups in total. The van der Waals surface area contributed by atoms with Gasteiger partial charge in [-0.1, -0.05) is 0 Å². The second-order valence-electron chi connectivity index (χ2n) is 5.50. The number of nitrogens with one attached hydrogen (secondary N) is 1. The fourth-order valence-electron chi connectivity index (χ4n) is 2.74. The first-order valence-corrected chi connectivity index (χ1v) is 7.38. The summed E-state index contributed by atoms with van der Waals surface area (Å²) in [6.45, 7) is 0.244. The number of fused-ring (bicyclic) bond motifs is 2. The minimum absolute atomic E-state index is 0.244. The molecule has 4 aromatic rings. The smallest absolute Gasteiger partial charge is 0.231 e. The summed E-state index contributed by atoms with van der Waals surface area (Å²) in [6, 6.07) is 5.73. The van der Waals surface area contributed by atoms with E-state index in [1.54, 1.807) is 17.1 Å². The van der Waals surface area contributed by atoms with E-state index >= 15 is 0 Å². The fraction of sp³-hybridized carbons (Fsp3) is 0.125. The summed E-state index contributed by atoms with van der Waals surface area (Å²) in [5.41, 5.74) is 4.63. The molecule has 24 heavy (non-hydrogen) atoms. The largest absolute Gasteiger partial charge is 0.454 e. The van der Waals surface area contributed by atoms with Crippen molar-refractivity contribution >= 4 is 11.2 Å². The Bertz CT molecular complexity index is 1070. The highest BCUT2D eigenvalue weighted by Crippen LogP contribution is 2.36. The Morgan fingerprint density at radius 3 is 2.92 bits per heavy atom. The molecule has 0 amide bonds. The van der Waals surface area contributed by atoms with Gasteiger partial charge in [-0.05, 0) is 18.2 Å². The second-order valence-corrected chi connectivity index (χ2v) is 5.50. The van der Waals surface area contributed by atoms with Crippen LogP contribution in [0.2, 0.25) is 0 Å². The molecule has 0 fully saturated rings. The van der Waals surface area contributed by atoms with Crippen LogP contribution < -0.4 is 9.47 Å². The van der Waals surface area contributed by atoms with E-state index in [4.69, 9.17) is 14.5 Å². The molecule has 0 bridgehead atoms. The highest BCUT2D eigenvalue weighted by Gasteiger charge is 2.17. The lowest BCUT2D eigenvalue weighted by Gasteiger charge is -2.02. The van der Waals surface area contributed by atoms with Gasteiger partial charge in [0.05, 0.1) is 23.8 Å². The number of nitrogens with zero attached hydrogens (tertiary/aromatic N) is 5. The van der Waals surface area contributed by atoms with Gasteiger partial charge < -0.3 is 9.47 Å². The molecule has 0 atom stereocenters. The number of benzene rings is 1. The molecule has 0 saturated heterocycles. The van der Waals surface area contributed by atoms with Crippen molar-refractivity contribution in [3.8, 4) is 34.0 Å². The Morgan fingerprint density at radius 2 is 2.04 bits per heavy atom. The first-order valence-electron chi connectivity index (χ1n) is 7.38. The van der Waals surface area contributed by atoms with Crippen molar-refractivity contribution < 1.29 is 9.47 Å². The van der Waals surface area contributed by atoms with Crippen molar-refractivity contribution in [2.24, 2.45) is 7.05 Å². The number of ether oxygens (including phenoxy) is 2. The molecule has 0 spiro atoms. The Hall–Kier alpha value is -3.42. The highest BCUT2D eigenvalue weighted by atomic mass is 16.7. The fourth-order valence-corrected chi connectivity index (χ4v) is 2.74. The van der Waals surface area contributed by atoms with Gasteiger partial charge in [-0.15, -0.1) is 0 Å². The first kappa shape index (κ1) is 13.1.